The lowest BCUT2D eigenvalue weighted by atomic mass is 10.0. The number of benzene rings is 1. The zero-order chi connectivity index (χ0) is 29.8. The molecular formula is C27H47N7O5. The van der Waals surface area contributed by atoms with E-state index in [1.807, 2.05) is 20.9 Å². The number of ether oxygens (including phenoxy) is 1. The molecule has 220 valence electrons. The number of rotatable bonds is 14. The summed E-state index contributed by atoms with van der Waals surface area (Å²) < 4.78 is 5.41. The monoisotopic (exact) mass is 549 g/mol. The number of primary amides is 1. The molecule has 39 heavy (non-hydrogen) atoms. The molecule has 0 radical (unpaired) electrons. The fourth-order valence-corrected chi connectivity index (χ4v) is 3.25. The summed E-state index contributed by atoms with van der Waals surface area (Å²) >= 11 is 0. The average molecular weight is 550 g/mol. The number of nitrogens with one attached hydrogen (secondary N) is 3. The molecular weight excluding hydrogens is 502 g/mol. The Morgan fingerprint density at radius 1 is 1.00 bits per heavy atom. The Balaban J connectivity index is 2.68. The molecule has 0 saturated carbocycles. The van der Waals surface area contributed by atoms with E-state index in [4.69, 9.17) is 16.2 Å². The van der Waals surface area contributed by atoms with Crippen molar-refractivity contribution in [3.05, 3.63) is 29.8 Å². The van der Waals surface area contributed by atoms with Crippen LogP contribution < -0.4 is 27.4 Å². The van der Waals surface area contributed by atoms with Crippen molar-refractivity contribution in [2.75, 3.05) is 39.0 Å². The third-order valence-electron chi connectivity index (χ3n) is 6.43. The summed E-state index contributed by atoms with van der Waals surface area (Å²) in [5.41, 5.74) is 12.3. The second kappa shape index (κ2) is 15.9. The van der Waals surface area contributed by atoms with Gasteiger partial charge >= 0.3 is 12.1 Å². The number of carbonyl (C=O) groups is 4. The summed E-state index contributed by atoms with van der Waals surface area (Å²) in [6, 6.07) is 4.60. The number of amides is 5. The average Bonchev–Trinajstić information content (AvgIpc) is 2.86. The summed E-state index contributed by atoms with van der Waals surface area (Å²) in [6.07, 6.45) is 0.276. The number of nitrogens with two attached hydrogens (primary N) is 2. The van der Waals surface area contributed by atoms with Gasteiger partial charge in [0, 0.05) is 37.9 Å². The predicted molar refractivity (Wildman–Crippen MR) is 152 cm³/mol. The van der Waals surface area contributed by atoms with Crippen LogP contribution in [0.1, 0.15) is 53.0 Å². The maximum absolute atomic E-state index is 13.0. The molecule has 1 aromatic rings. The second-order valence-electron chi connectivity index (χ2n) is 11.0. The van der Waals surface area contributed by atoms with Crippen LogP contribution in [0.15, 0.2) is 24.3 Å². The van der Waals surface area contributed by atoms with Crippen molar-refractivity contribution in [1.82, 2.24) is 20.4 Å². The van der Waals surface area contributed by atoms with Crippen molar-refractivity contribution < 1.29 is 23.9 Å². The Kier molecular flexibility index (Phi) is 13.7. The van der Waals surface area contributed by atoms with Gasteiger partial charge in [-0.25, -0.2) is 9.59 Å². The zero-order valence-electron chi connectivity index (χ0n) is 24.4. The maximum Gasteiger partial charge on any atom is 0.409 e. The van der Waals surface area contributed by atoms with Crippen molar-refractivity contribution in [1.29, 1.82) is 0 Å². The standard InChI is InChI=1S/C27H47N7O5/c1-18(2)22(28)24(36)32-21(9-8-14-30-25(29)37)23(35)31-20-12-10-19(11-13-20)17-39-26(38)33(6)15-16-34(7)27(3,4)5/h10-13,18,21-22H,8-9,14-17,28H2,1-7H3,(H,31,35)(H,32,36)(H3,29,30,37)/t21-,22?/m0/s1. The predicted octanol–water partition coefficient (Wildman–Crippen LogP) is 1.84. The smallest absolute Gasteiger partial charge is 0.409 e. The van der Waals surface area contributed by atoms with E-state index in [-0.39, 0.29) is 31.0 Å². The van der Waals surface area contributed by atoms with E-state index >= 15 is 0 Å². The Hall–Kier alpha value is -3.38. The molecule has 1 unspecified atom stereocenters. The summed E-state index contributed by atoms with van der Waals surface area (Å²) in [7, 11) is 3.71. The third-order valence-corrected chi connectivity index (χ3v) is 6.43. The quantitative estimate of drug-likeness (QED) is 0.220. The molecule has 0 heterocycles. The van der Waals surface area contributed by atoms with Crippen LogP contribution in [0.4, 0.5) is 15.3 Å². The van der Waals surface area contributed by atoms with E-state index in [1.165, 1.54) is 4.90 Å². The molecule has 0 saturated heterocycles. The molecule has 2 atom stereocenters. The lowest BCUT2D eigenvalue weighted by Gasteiger charge is -2.33. The minimum Gasteiger partial charge on any atom is -0.445 e. The molecule has 5 amide bonds. The Morgan fingerprint density at radius 2 is 1.62 bits per heavy atom. The van der Waals surface area contributed by atoms with Gasteiger partial charge in [-0.15, -0.1) is 0 Å². The molecule has 1 aromatic carbocycles. The number of likely N-dealkylation sites (N-methyl/N-ethyl adjacent to an activating group) is 2. The second-order valence-corrected chi connectivity index (χ2v) is 11.0. The van der Waals surface area contributed by atoms with Gasteiger partial charge in [-0.2, -0.15) is 0 Å². The van der Waals surface area contributed by atoms with Gasteiger partial charge in [0.05, 0.1) is 6.04 Å². The van der Waals surface area contributed by atoms with E-state index in [9.17, 15) is 19.2 Å². The van der Waals surface area contributed by atoms with Crippen molar-refractivity contribution in [2.45, 2.75) is 71.7 Å². The molecule has 12 nitrogen and oxygen atoms in total. The van der Waals surface area contributed by atoms with E-state index in [2.05, 4.69) is 41.6 Å². The Labute approximate surface area is 232 Å². The van der Waals surface area contributed by atoms with Crippen molar-refractivity contribution in [3.63, 3.8) is 0 Å². The molecule has 0 aliphatic carbocycles. The lowest BCUT2D eigenvalue weighted by molar-refractivity contribution is -0.128. The van der Waals surface area contributed by atoms with Crippen LogP contribution in [-0.2, 0) is 20.9 Å². The molecule has 0 bridgehead atoms. The van der Waals surface area contributed by atoms with Crippen LogP contribution >= 0.6 is 0 Å². The first-order valence-corrected chi connectivity index (χ1v) is 13.2. The first kappa shape index (κ1) is 33.6. The van der Waals surface area contributed by atoms with E-state index in [0.29, 0.717) is 18.7 Å². The van der Waals surface area contributed by atoms with Crippen LogP contribution in [-0.4, -0.2) is 85.1 Å². The molecule has 0 spiro atoms. The van der Waals surface area contributed by atoms with Crippen LogP contribution in [0, 0.1) is 5.92 Å². The van der Waals surface area contributed by atoms with Crippen LogP contribution in [0.5, 0.6) is 0 Å². The van der Waals surface area contributed by atoms with Gasteiger partial charge < -0.3 is 37.1 Å². The molecule has 7 N–H and O–H groups in total. The van der Waals surface area contributed by atoms with Gasteiger partial charge in [-0.1, -0.05) is 26.0 Å². The summed E-state index contributed by atoms with van der Waals surface area (Å²) in [5, 5.41) is 7.95. The van der Waals surface area contributed by atoms with Crippen LogP contribution in [0.25, 0.3) is 0 Å². The van der Waals surface area contributed by atoms with Crippen LogP contribution in [0.3, 0.4) is 0 Å². The molecule has 0 aliphatic rings. The molecule has 0 aromatic heterocycles. The minimum atomic E-state index is -0.856. The highest BCUT2D eigenvalue weighted by Gasteiger charge is 2.25. The number of hydrogen-bond donors (Lipinski definition) is 5. The molecule has 12 heteroatoms. The molecule has 1 rings (SSSR count). The lowest BCUT2D eigenvalue weighted by Crippen LogP contribution is -2.51. The number of anilines is 1. The maximum atomic E-state index is 13.0. The van der Waals surface area contributed by atoms with E-state index in [0.717, 1.165) is 12.1 Å². The van der Waals surface area contributed by atoms with Gasteiger partial charge in [0.15, 0.2) is 0 Å². The van der Waals surface area contributed by atoms with Crippen LogP contribution in [0.2, 0.25) is 0 Å². The largest absolute Gasteiger partial charge is 0.445 e. The van der Waals surface area contributed by atoms with Crippen molar-refractivity contribution in [3.8, 4) is 0 Å². The minimum absolute atomic E-state index is 0.0105. The first-order chi connectivity index (χ1) is 18.1. The number of hydrogen-bond acceptors (Lipinski definition) is 7. The van der Waals surface area contributed by atoms with Gasteiger partial charge in [-0.3, -0.25) is 14.5 Å². The fourth-order valence-electron chi connectivity index (χ4n) is 3.25. The normalized spacial score (nSPS) is 13.0. The van der Waals surface area contributed by atoms with Gasteiger partial charge in [0.25, 0.3) is 0 Å². The van der Waals surface area contributed by atoms with Gasteiger partial charge in [0.1, 0.15) is 12.6 Å². The number of carbonyl (C=O) groups excluding carboxylic acids is 4. The van der Waals surface area contributed by atoms with Crippen molar-refractivity contribution >= 4 is 29.6 Å². The molecule has 0 aliphatic heterocycles. The van der Waals surface area contributed by atoms with Gasteiger partial charge in [-0.05, 0) is 64.3 Å². The SMILES string of the molecule is CC(C)C(N)C(=O)N[C@@H](CCCNC(N)=O)C(=O)Nc1ccc(COC(=O)N(C)CCN(C)C(C)(C)C)cc1. The number of urea groups is 1. The Bertz CT molecular complexity index is 947. The molecule has 0 fully saturated rings. The Morgan fingerprint density at radius 3 is 2.15 bits per heavy atom. The number of nitrogens with zero attached hydrogens (tertiary/aromatic N) is 2. The highest BCUT2D eigenvalue weighted by molar-refractivity contribution is 5.97. The van der Waals surface area contributed by atoms with E-state index < -0.39 is 36.0 Å². The van der Waals surface area contributed by atoms with Crippen molar-refractivity contribution in [2.24, 2.45) is 17.4 Å². The van der Waals surface area contributed by atoms with E-state index in [1.54, 1.807) is 31.3 Å². The summed E-state index contributed by atoms with van der Waals surface area (Å²) in [5.74, 6) is -0.948. The topological polar surface area (TPSA) is 172 Å². The highest BCUT2D eigenvalue weighted by atomic mass is 16.6. The summed E-state index contributed by atoms with van der Waals surface area (Å²) in [4.78, 5) is 52.4. The first-order valence-electron chi connectivity index (χ1n) is 13.2. The third kappa shape index (κ3) is 12.8. The zero-order valence-corrected chi connectivity index (χ0v) is 24.4. The summed E-state index contributed by atoms with van der Waals surface area (Å²) in [6.45, 7) is 11.6. The van der Waals surface area contributed by atoms with Gasteiger partial charge in [0.2, 0.25) is 11.8 Å². The fraction of sp³-hybridized carbons (Fsp3) is 0.630. The highest BCUT2D eigenvalue weighted by Crippen LogP contribution is 2.13.